The van der Waals surface area contributed by atoms with Crippen LogP contribution in [0, 0.1) is 13.8 Å². The van der Waals surface area contributed by atoms with E-state index >= 15 is 0 Å². The van der Waals surface area contributed by atoms with E-state index in [0.29, 0.717) is 24.5 Å². The Morgan fingerprint density at radius 2 is 2.03 bits per heavy atom. The first-order chi connectivity index (χ1) is 18.6. The standard InChI is InChI=1S/C30H38N6O3/c1-19-13-20(2)26-22(14-19)16-25(29(37)31-26)27(28-32-33-34-36(28)30(3,4)5)35(18-24-11-8-12-39-24)17-21-9-7-10-23(15-21)38-6/h7,9-10,13-16,24,27H,8,11-12,17-18H2,1-6H3,(H,31,37)/t24-,27+/m0/s1. The van der Waals surface area contributed by atoms with Crippen LogP contribution in [0.15, 0.2) is 47.3 Å². The molecular weight excluding hydrogens is 492 g/mol. The first kappa shape index (κ1) is 27.0. The summed E-state index contributed by atoms with van der Waals surface area (Å²) in [4.78, 5) is 19.3. The lowest BCUT2D eigenvalue weighted by Gasteiger charge is -2.34. The van der Waals surface area contributed by atoms with Crippen LogP contribution >= 0.6 is 0 Å². The number of hydrogen-bond donors (Lipinski definition) is 1. The molecule has 4 aromatic rings. The summed E-state index contributed by atoms with van der Waals surface area (Å²) in [5.74, 6) is 1.41. The van der Waals surface area contributed by atoms with Crippen molar-refractivity contribution >= 4 is 10.9 Å². The molecule has 3 heterocycles. The molecule has 1 fully saturated rings. The maximum Gasteiger partial charge on any atom is 0.253 e. The van der Waals surface area contributed by atoms with E-state index in [9.17, 15) is 4.79 Å². The molecule has 2 aromatic carbocycles. The molecule has 0 bridgehead atoms. The van der Waals surface area contributed by atoms with Gasteiger partial charge in [0.05, 0.1) is 24.3 Å². The Kier molecular flexibility index (Phi) is 7.55. The highest BCUT2D eigenvalue weighted by Gasteiger charge is 2.35. The molecule has 1 N–H and O–H groups in total. The second-order valence-electron chi connectivity index (χ2n) is 11.5. The van der Waals surface area contributed by atoms with Gasteiger partial charge < -0.3 is 14.5 Å². The highest BCUT2D eigenvalue weighted by molar-refractivity contribution is 5.83. The number of aromatic nitrogens is 5. The third-order valence-electron chi connectivity index (χ3n) is 7.34. The number of fused-ring (bicyclic) bond motifs is 1. The topological polar surface area (TPSA) is 98.2 Å². The summed E-state index contributed by atoms with van der Waals surface area (Å²) in [6.07, 6.45) is 2.05. The van der Waals surface area contributed by atoms with E-state index in [1.807, 2.05) is 35.9 Å². The molecule has 1 saturated heterocycles. The number of hydrogen-bond acceptors (Lipinski definition) is 7. The minimum atomic E-state index is -0.511. The van der Waals surface area contributed by atoms with Gasteiger partial charge in [0.25, 0.3) is 5.56 Å². The van der Waals surface area contributed by atoms with Crippen molar-refractivity contribution in [1.29, 1.82) is 0 Å². The van der Waals surface area contributed by atoms with E-state index in [4.69, 9.17) is 9.47 Å². The van der Waals surface area contributed by atoms with Gasteiger partial charge in [0.2, 0.25) is 0 Å². The zero-order valence-corrected chi connectivity index (χ0v) is 23.7. The number of aromatic amines is 1. The van der Waals surface area contributed by atoms with Gasteiger partial charge in [-0.1, -0.05) is 23.8 Å². The maximum absolute atomic E-state index is 13.9. The molecule has 2 aromatic heterocycles. The van der Waals surface area contributed by atoms with Gasteiger partial charge in [0.1, 0.15) is 11.8 Å². The summed E-state index contributed by atoms with van der Waals surface area (Å²) in [6, 6.07) is 13.7. The molecule has 9 nitrogen and oxygen atoms in total. The lowest BCUT2D eigenvalue weighted by Crippen LogP contribution is -2.40. The molecule has 2 atom stereocenters. The van der Waals surface area contributed by atoms with E-state index in [1.54, 1.807) is 7.11 Å². The molecule has 0 amide bonds. The highest BCUT2D eigenvalue weighted by Crippen LogP contribution is 2.33. The van der Waals surface area contributed by atoms with Crippen LogP contribution in [0.5, 0.6) is 5.75 Å². The van der Waals surface area contributed by atoms with Crippen LogP contribution in [0.3, 0.4) is 0 Å². The minimum absolute atomic E-state index is 0.0566. The molecule has 0 saturated carbocycles. The zero-order chi connectivity index (χ0) is 27.7. The lowest BCUT2D eigenvalue weighted by atomic mass is 9.98. The van der Waals surface area contributed by atoms with Crippen molar-refractivity contribution in [2.45, 2.75) is 71.7 Å². The van der Waals surface area contributed by atoms with Crippen LogP contribution in [0.25, 0.3) is 10.9 Å². The van der Waals surface area contributed by atoms with Crippen LogP contribution in [0.1, 0.15) is 67.7 Å². The van der Waals surface area contributed by atoms with Crippen LogP contribution < -0.4 is 10.3 Å². The second kappa shape index (κ2) is 10.9. The number of tetrazole rings is 1. The first-order valence-corrected chi connectivity index (χ1v) is 13.6. The largest absolute Gasteiger partial charge is 0.497 e. The molecule has 1 aliphatic rings. The summed E-state index contributed by atoms with van der Waals surface area (Å²) < 4.78 is 13.4. The van der Waals surface area contributed by atoms with E-state index in [2.05, 4.69) is 71.3 Å². The van der Waals surface area contributed by atoms with Gasteiger partial charge in [-0.15, -0.1) is 5.10 Å². The van der Waals surface area contributed by atoms with Crippen molar-refractivity contribution in [3.8, 4) is 5.75 Å². The smallest absolute Gasteiger partial charge is 0.253 e. The number of aryl methyl sites for hydroxylation is 2. The Morgan fingerprint density at radius 1 is 1.21 bits per heavy atom. The molecule has 39 heavy (non-hydrogen) atoms. The number of H-pyrrole nitrogens is 1. The third-order valence-corrected chi connectivity index (χ3v) is 7.34. The molecule has 0 unspecified atom stereocenters. The number of rotatable bonds is 8. The van der Waals surface area contributed by atoms with Gasteiger partial charge in [-0.2, -0.15) is 0 Å². The van der Waals surface area contributed by atoms with Crippen molar-refractivity contribution < 1.29 is 9.47 Å². The third kappa shape index (κ3) is 5.74. The summed E-state index contributed by atoms with van der Waals surface area (Å²) in [7, 11) is 1.67. The quantitative estimate of drug-likeness (QED) is 0.354. The number of nitrogens with one attached hydrogen (secondary N) is 1. The molecule has 0 aliphatic carbocycles. The van der Waals surface area contributed by atoms with Gasteiger partial charge in [-0.25, -0.2) is 4.68 Å². The van der Waals surface area contributed by atoms with Crippen molar-refractivity contribution in [1.82, 2.24) is 30.1 Å². The van der Waals surface area contributed by atoms with Gasteiger partial charge >= 0.3 is 0 Å². The Balaban J connectivity index is 1.71. The van der Waals surface area contributed by atoms with Crippen LogP contribution in [0.2, 0.25) is 0 Å². The number of benzene rings is 2. The van der Waals surface area contributed by atoms with Gasteiger partial charge in [-0.05, 0) is 98.7 Å². The Morgan fingerprint density at radius 3 is 2.74 bits per heavy atom. The van der Waals surface area contributed by atoms with E-state index in [1.165, 1.54) is 0 Å². The highest BCUT2D eigenvalue weighted by atomic mass is 16.5. The Hall–Kier alpha value is -3.56. The van der Waals surface area contributed by atoms with Crippen molar-refractivity contribution in [3.63, 3.8) is 0 Å². The fourth-order valence-electron chi connectivity index (χ4n) is 5.56. The Bertz CT molecular complexity index is 1510. The number of ether oxygens (including phenoxy) is 2. The van der Waals surface area contributed by atoms with Crippen molar-refractivity contribution in [3.05, 3.63) is 80.9 Å². The molecule has 5 rings (SSSR count). The minimum Gasteiger partial charge on any atom is -0.497 e. The molecule has 1 aliphatic heterocycles. The van der Waals surface area contributed by atoms with Gasteiger partial charge in [-0.3, -0.25) is 9.69 Å². The van der Waals surface area contributed by atoms with Crippen LogP contribution in [-0.2, 0) is 16.8 Å². The van der Waals surface area contributed by atoms with Gasteiger partial charge in [0, 0.05) is 25.3 Å². The van der Waals surface area contributed by atoms with Gasteiger partial charge in [0.15, 0.2) is 5.82 Å². The Labute approximate surface area is 229 Å². The van der Waals surface area contributed by atoms with E-state index < -0.39 is 6.04 Å². The average Bonchev–Trinajstić information content (AvgIpc) is 3.58. The molecule has 0 spiro atoms. The molecule has 0 radical (unpaired) electrons. The zero-order valence-electron chi connectivity index (χ0n) is 23.7. The van der Waals surface area contributed by atoms with E-state index in [0.717, 1.165) is 52.8 Å². The number of methoxy groups -OCH3 is 1. The average molecular weight is 531 g/mol. The normalized spacial score (nSPS) is 16.7. The predicted octanol–water partition coefficient (Wildman–Crippen LogP) is 4.67. The van der Waals surface area contributed by atoms with Crippen molar-refractivity contribution in [2.75, 3.05) is 20.3 Å². The fraction of sp³-hybridized carbons (Fsp3) is 0.467. The molecular formula is C30H38N6O3. The van der Waals surface area contributed by atoms with E-state index in [-0.39, 0.29) is 17.2 Å². The summed E-state index contributed by atoms with van der Waals surface area (Å²) in [5, 5.41) is 14.0. The lowest BCUT2D eigenvalue weighted by molar-refractivity contribution is 0.0564. The first-order valence-electron chi connectivity index (χ1n) is 13.6. The maximum atomic E-state index is 13.9. The van der Waals surface area contributed by atoms with Crippen molar-refractivity contribution in [2.24, 2.45) is 0 Å². The molecule has 206 valence electrons. The predicted molar refractivity (Wildman–Crippen MR) is 151 cm³/mol. The summed E-state index contributed by atoms with van der Waals surface area (Å²) in [5.41, 5.74) is 4.16. The van der Waals surface area contributed by atoms with Crippen LogP contribution in [0.4, 0.5) is 0 Å². The van der Waals surface area contributed by atoms with Crippen LogP contribution in [-0.4, -0.2) is 56.5 Å². The fourth-order valence-corrected chi connectivity index (χ4v) is 5.56. The molecule has 9 heteroatoms. The monoisotopic (exact) mass is 530 g/mol. The summed E-state index contributed by atoms with van der Waals surface area (Å²) >= 11 is 0. The second-order valence-corrected chi connectivity index (χ2v) is 11.5. The number of nitrogens with zero attached hydrogens (tertiary/aromatic N) is 5. The summed E-state index contributed by atoms with van der Waals surface area (Å²) in [6.45, 7) is 12.2. The SMILES string of the molecule is COc1cccc(CN(C[C@@H]2CCCO2)[C@H](c2cc3cc(C)cc(C)c3[nH]c2=O)c2nnnn2C(C)(C)C)c1. The number of pyridine rings is 1.